The predicted molar refractivity (Wildman–Crippen MR) is 74.4 cm³/mol. The maximum atomic E-state index is 4.88. The van der Waals surface area contributed by atoms with Crippen LogP contribution in [-0.2, 0) is 4.84 Å². The van der Waals surface area contributed by atoms with Gasteiger partial charge in [-0.3, -0.25) is 15.3 Å². The Bertz CT molecular complexity index is 456. The van der Waals surface area contributed by atoms with E-state index < -0.39 is 0 Å². The number of rotatable bonds is 6. The van der Waals surface area contributed by atoms with Crippen LogP contribution in [0.3, 0.4) is 0 Å². The predicted octanol–water partition coefficient (Wildman–Crippen LogP) is 1.22. The minimum absolute atomic E-state index is 0.692. The van der Waals surface area contributed by atoms with E-state index in [1.807, 2.05) is 24.3 Å². The SMILES string of the molecule is C=C(NOC)c1ccccc1NCC1=NCCN1. The molecule has 1 aromatic rings. The van der Waals surface area contributed by atoms with E-state index in [0.717, 1.165) is 35.9 Å². The van der Waals surface area contributed by atoms with Gasteiger partial charge in [0.2, 0.25) is 0 Å². The molecule has 0 radical (unpaired) electrons. The Kier molecular flexibility index (Phi) is 4.20. The van der Waals surface area contributed by atoms with Crippen molar-refractivity contribution in [3.05, 3.63) is 36.4 Å². The van der Waals surface area contributed by atoms with Crippen molar-refractivity contribution in [3.8, 4) is 0 Å². The molecule has 0 aliphatic carbocycles. The Labute approximate surface area is 107 Å². The number of hydrogen-bond donors (Lipinski definition) is 3. The molecule has 0 amide bonds. The monoisotopic (exact) mass is 246 g/mol. The zero-order valence-electron chi connectivity index (χ0n) is 10.5. The quantitative estimate of drug-likeness (QED) is 0.661. The van der Waals surface area contributed by atoms with E-state index >= 15 is 0 Å². The molecule has 0 bridgehead atoms. The summed E-state index contributed by atoms with van der Waals surface area (Å²) in [4.78, 5) is 9.22. The van der Waals surface area contributed by atoms with Crippen LogP contribution < -0.4 is 16.1 Å². The lowest BCUT2D eigenvalue weighted by atomic mass is 10.1. The Morgan fingerprint density at radius 1 is 1.50 bits per heavy atom. The van der Waals surface area contributed by atoms with Crippen molar-refractivity contribution in [2.24, 2.45) is 4.99 Å². The van der Waals surface area contributed by atoms with Crippen molar-refractivity contribution in [1.29, 1.82) is 0 Å². The largest absolute Gasteiger partial charge is 0.377 e. The fraction of sp³-hybridized carbons (Fsp3) is 0.308. The number of amidine groups is 1. The summed E-state index contributed by atoms with van der Waals surface area (Å²) < 4.78 is 0. The standard InChI is InChI=1S/C13H18N4O/c1-10(17-18-2)11-5-3-4-6-12(11)16-9-13-14-7-8-15-13/h3-6,16-17H,1,7-9H2,2H3,(H,14,15). The summed E-state index contributed by atoms with van der Waals surface area (Å²) >= 11 is 0. The van der Waals surface area contributed by atoms with Crippen molar-refractivity contribution >= 4 is 17.2 Å². The first-order chi connectivity index (χ1) is 8.81. The summed E-state index contributed by atoms with van der Waals surface area (Å²) in [5.74, 6) is 0.995. The molecule has 3 N–H and O–H groups in total. The van der Waals surface area contributed by atoms with Crippen LogP contribution in [0.2, 0.25) is 0 Å². The number of nitrogens with zero attached hydrogens (tertiary/aromatic N) is 1. The van der Waals surface area contributed by atoms with Crippen LogP contribution >= 0.6 is 0 Å². The molecule has 5 heteroatoms. The van der Waals surface area contributed by atoms with Gasteiger partial charge >= 0.3 is 0 Å². The van der Waals surface area contributed by atoms with Crippen LogP contribution in [0.15, 0.2) is 35.8 Å². The summed E-state index contributed by atoms with van der Waals surface area (Å²) in [6, 6.07) is 7.94. The first-order valence-electron chi connectivity index (χ1n) is 5.89. The molecule has 0 aromatic heterocycles. The number of nitrogens with one attached hydrogen (secondary N) is 3. The van der Waals surface area contributed by atoms with Crippen LogP contribution in [0.25, 0.3) is 5.70 Å². The maximum Gasteiger partial charge on any atom is 0.116 e. The fourth-order valence-electron chi connectivity index (χ4n) is 1.82. The smallest absolute Gasteiger partial charge is 0.116 e. The minimum atomic E-state index is 0.692. The van der Waals surface area contributed by atoms with E-state index in [9.17, 15) is 0 Å². The molecule has 0 fully saturated rings. The zero-order chi connectivity index (χ0) is 12.8. The molecule has 1 heterocycles. The number of anilines is 1. The van der Waals surface area contributed by atoms with Gasteiger partial charge < -0.3 is 10.6 Å². The van der Waals surface area contributed by atoms with E-state index in [1.54, 1.807) is 7.11 Å². The van der Waals surface area contributed by atoms with Gasteiger partial charge in [-0.2, -0.15) is 0 Å². The van der Waals surface area contributed by atoms with Gasteiger partial charge in [0.25, 0.3) is 0 Å². The third-order valence-electron chi connectivity index (χ3n) is 2.67. The highest BCUT2D eigenvalue weighted by Gasteiger charge is 2.08. The number of benzene rings is 1. The fourth-order valence-corrected chi connectivity index (χ4v) is 1.82. The Balaban J connectivity index is 2.04. The molecule has 0 saturated heterocycles. The summed E-state index contributed by atoms with van der Waals surface area (Å²) in [5, 5.41) is 6.57. The van der Waals surface area contributed by atoms with Crippen molar-refractivity contribution in [2.45, 2.75) is 0 Å². The summed E-state index contributed by atoms with van der Waals surface area (Å²) in [7, 11) is 1.57. The molecule has 1 aliphatic rings. The van der Waals surface area contributed by atoms with E-state index in [-0.39, 0.29) is 0 Å². The Hall–Kier alpha value is -2.01. The van der Waals surface area contributed by atoms with Gasteiger partial charge in [0.1, 0.15) is 5.84 Å². The molecule has 0 atom stereocenters. The lowest BCUT2D eigenvalue weighted by molar-refractivity contribution is 0.137. The lowest BCUT2D eigenvalue weighted by Crippen LogP contribution is -2.26. The molecule has 5 nitrogen and oxygen atoms in total. The molecular formula is C13H18N4O. The summed E-state index contributed by atoms with van der Waals surface area (Å²) in [5.41, 5.74) is 5.46. The first kappa shape index (κ1) is 12.4. The second-order valence-corrected chi connectivity index (χ2v) is 3.94. The first-order valence-corrected chi connectivity index (χ1v) is 5.89. The van der Waals surface area contributed by atoms with Crippen LogP contribution in [0.4, 0.5) is 5.69 Å². The number of para-hydroxylation sites is 1. The van der Waals surface area contributed by atoms with E-state index in [0.29, 0.717) is 6.54 Å². The Morgan fingerprint density at radius 3 is 3.06 bits per heavy atom. The lowest BCUT2D eigenvalue weighted by Gasteiger charge is -2.14. The summed E-state index contributed by atoms with van der Waals surface area (Å²) in [6.45, 7) is 6.41. The van der Waals surface area contributed by atoms with Gasteiger partial charge in [-0.05, 0) is 6.07 Å². The third-order valence-corrected chi connectivity index (χ3v) is 2.67. The van der Waals surface area contributed by atoms with E-state index in [4.69, 9.17) is 4.84 Å². The highest BCUT2D eigenvalue weighted by molar-refractivity contribution is 5.88. The second-order valence-electron chi connectivity index (χ2n) is 3.94. The highest BCUT2D eigenvalue weighted by atomic mass is 16.6. The molecule has 1 aromatic carbocycles. The molecule has 0 spiro atoms. The number of hydrogen-bond acceptors (Lipinski definition) is 5. The molecule has 0 saturated carbocycles. The molecule has 1 aliphatic heterocycles. The summed E-state index contributed by atoms with van der Waals surface area (Å²) in [6.07, 6.45) is 0. The van der Waals surface area contributed by atoms with Gasteiger partial charge in [0, 0.05) is 17.8 Å². The van der Waals surface area contributed by atoms with Gasteiger partial charge in [-0.15, -0.1) is 0 Å². The van der Waals surface area contributed by atoms with Crippen molar-refractivity contribution < 1.29 is 4.84 Å². The molecule has 2 rings (SSSR count). The highest BCUT2D eigenvalue weighted by Crippen LogP contribution is 2.20. The van der Waals surface area contributed by atoms with Gasteiger partial charge in [0.15, 0.2) is 0 Å². The molecular weight excluding hydrogens is 228 g/mol. The average Bonchev–Trinajstić information content (AvgIpc) is 2.90. The minimum Gasteiger partial charge on any atom is -0.377 e. The van der Waals surface area contributed by atoms with Crippen molar-refractivity contribution in [1.82, 2.24) is 10.8 Å². The second kappa shape index (κ2) is 6.07. The van der Waals surface area contributed by atoms with Gasteiger partial charge in [0.05, 0.1) is 25.9 Å². The zero-order valence-corrected chi connectivity index (χ0v) is 10.5. The third kappa shape index (κ3) is 3.01. The normalized spacial score (nSPS) is 13.7. The molecule has 96 valence electrons. The maximum absolute atomic E-state index is 4.88. The van der Waals surface area contributed by atoms with E-state index in [1.165, 1.54) is 0 Å². The van der Waals surface area contributed by atoms with Crippen molar-refractivity contribution in [2.75, 3.05) is 32.1 Å². The van der Waals surface area contributed by atoms with E-state index in [2.05, 4.69) is 27.7 Å². The van der Waals surface area contributed by atoms with Gasteiger partial charge in [-0.25, -0.2) is 0 Å². The van der Waals surface area contributed by atoms with Gasteiger partial charge in [-0.1, -0.05) is 24.8 Å². The topological polar surface area (TPSA) is 57.7 Å². The van der Waals surface area contributed by atoms with Crippen LogP contribution in [0.1, 0.15) is 5.56 Å². The van der Waals surface area contributed by atoms with Crippen LogP contribution in [0.5, 0.6) is 0 Å². The molecule has 18 heavy (non-hydrogen) atoms. The number of hydroxylamine groups is 1. The Morgan fingerprint density at radius 2 is 2.33 bits per heavy atom. The molecule has 0 unspecified atom stereocenters. The van der Waals surface area contributed by atoms with Crippen LogP contribution in [0, 0.1) is 0 Å². The average molecular weight is 246 g/mol. The van der Waals surface area contributed by atoms with Crippen LogP contribution in [-0.4, -0.2) is 32.6 Å². The van der Waals surface area contributed by atoms with Crippen molar-refractivity contribution in [3.63, 3.8) is 0 Å². The number of aliphatic imine (C=N–C) groups is 1.